The first kappa shape index (κ1) is 21.2. The molecule has 6 nitrogen and oxygen atoms in total. The van der Waals surface area contributed by atoms with Gasteiger partial charge in [-0.3, -0.25) is 4.31 Å². The van der Waals surface area contributed by atoms with Gasteiger partial charge in [-0.15, -0.1) is 0 Å². The van der Waals surface area contributed by atoms with Gasteiger partial charge in [0.25, 0.3) is 10.0 Å². The number of hydrogen-bond acceptors (Lipinski definition) is 4. The molecule has 0 saturated carbocycles. The zero-order valence-corrected chi connectivity index (χ0v) is 17.8. The Hall–Kier alpha value is -2.06. The van der Waals surface area contributed by atoms with Gasteiger partial charge in [-0.25, -0.2) is 13.2 Å². The molecule has 0 aliphatic rings. The molecule has 2 rings (SSSR count). The number of carbonyl (C=O) groups is 1. The molecule has 0 fully saturated rings. The summed E-state index contributed by atoms with van der Waals surface area (Å²) in [6.45, 7) is 4.30. The molecule has 8 heteroatoms. The van der Waals surface area contributed by atoms with E-state index in [-0.39, 0.29) is 16.1 Å². The van der Waals surface area contributed by atoms with Gasteiger partial charge in [0.15, 0.2) is 0 Å². The number of anilines is 1. The van der Waals surface area contributed by atoms with E-state index in [2.05, 4.69) is 22.9 Å². The van der Waals surface area contributed by atoms with Crippen LogP contribution in [0.2, 0.25) is 0 Å². The van der Waals surface area contributed by atoms with Gasteiger partial charge < -0.3 is 9.84 Å². The predicted molar refractivity (Wildman–Crippen MR) is 108 cm³/mol. The van der Waals surface area contributed by atoms with Crippen LogP contribution in [0.15, 0.2) is 45.8 Å². The highest BCUT2D eigenvalue weighted by Crippen LogP contribution is 2.32. The van der Waals surface area contributed by atoms with Gasteiger partial charge in [-0.05, 0) is 55.3 Å². The number of benzene rings is 2. The topological polar surface area (TPSA) is 83.9 Å². The van der Waals surface area contributed by atoms with E-state index in [0.29, 0.717) is 22.4 Å². The largest absolute Gasteiger partial charge is 0.494 e. The number of aromatic carboxylic acids is 1. The smallest absolute Gasteiger partial charge is 0.337 e. The van der Waals surface area contributed by atoms with Crippen LogP contribution < -0.4 is 9.04 Å². The molecule has 2 aromatic carbocycles. The van der Waals surface area contributed by atoms with Crippen LogP contribution in [-0.2, 0) is 10.0 Å². The van der Waals surface area contributed by atoms with E-state index in [1.54, 1.807) is 25.1 Å². The lowest BCUT2D eigenvalue weighted by Crippen LogP contribution is -2.29. The highest BCUT2D eigenvalue weighted by molar-refractivity contribution is 9.10. The maximum absolute atomic E-state index is 13.0. The molecular formula is C19H22BrNO5S. The van der Waals surface area contributed by atoms with Crippen molar-refractivity contribution in [3.8, 4) is 5.75 Å². The molecule has 0 atom stereocenters. The van der Waals surface area contributed by atoms with Crippen molar-refractivity contribution >= 4 is 37.6 Å². The van der Waals surface area contributed by atoms with Gasteiger partial charge in [0.1, 0.15) is 5.75 Å². The number of ether oxygens (including phenoxy) is 1. The molecule has 0 amide bonds. The molecule has 0 bridgehead atoms. The lowest BCUT2D eigenvalue weighted by atomic mass is 10.1. The SMILES string of the molecule is CCCCOc1ccc(S(=O)(=O)N(C)c2c(C)cc(Br)cc2C(=O)O)cc1. The van der Waals surface area contributed by atoms with Crippen LogP contribution in [0.3, 0.4) is 0 Å². The molecule has 0 aliphatic carbocycles. The maximum Gasteiger partial charge on any atom is 0.337 e. The Morgan fingerprint density at radius 2 is 1.85 bits per heavy atom. The monoisotopic (exact) mass is 455 g/mol. The van der Waals surface area contributed by atoms with E-state index in [1.807, 2.05) is 0 Å². The third-order valence-electron chi connectivity index (χ3n) is 4.06. The first-order chi connectivity index (χ1) is 12.7. The number of hydrogen-bond donors (Lipinski definition) is 1. The molecule has 0 saturated heterocycles. The minimum Gasteiger partial charge on any atom is -0.494 e. The number of nitrogens with zero attached hydrogens (tertiary/aromatic N) is 1. The third kappa shape index (κ3) is 4.81. The fourth-order valence-corrected chi connectivity index (χ4v) is 4.49. The van der Waals surface area contributed by atoms with Crippen LogP contribution in [0.25, 0.3) is 0 Å². The van der Waals surface area contributed by atoms with Crippen molar-refractivity contribution in [2.75, 3.05) is 18.0 Å². The van der Waals surface area contributed by atoms with Gasteiger partial charge in [-0.2, -0.15) is 0 Å². The van der Waals surface area contributed by atoms with E-state index in [9.17, 15) is 18.3 Å². The van der Waals surface area contributed by atoms with Crippen molar-refractivity contribution in [2.24, 2.45) is 0 Å². The Bertz CT molecular complexity index is 926. The summed E-state index contributed by atoms with van der Waals surface area (Å²) in [7, 11) is -2.58. The number of aryl methyl sites for hydroxylation is 1. The second-order valence-corrected chi connectivity index (χ2v) is 8.95. The minimum absolute atomic E-state index is 0.0616. The second-order valence-electron chi connectivity index (χ2n) is 6.07. The van der Waals surface area contributed by atoms with E-state index in [0.717, 1.165) is 17.1 Å². The van der Waals surface area contributed by atoms with Crippen LogP contribution >= 0.6 is 15.9 Å². The van der Waals surface area contributed by atoms with E-state index in [1.165, 1.54) is 25.2 Å². The number of unbranched alkanes of at least 4 members (excludes halogenated alkanes) is 1. The fourth-order valence-electron chi connectivity index (χ4n) is 2.64. The minimum atomic E-state index is -3.93. The second kappa shape index (κ2) is 8.75. The van der Waals surface area contributed by atoms with Crippen LogP contribution in [-0.4, -0.2) is 33.1 Å². The molecule has 0 heterocycles. The molecular weight excluding hydrogens is 434 g/mol. The fraction of sp³-hybridized carbons (Fsp3) is 0.316. The molecule has 146 valence electrons. The van der Waals surface area contributed by atoms with E-state index < -0.39 is 16.0 Å². The standard InChI is InChI=1S/C19H22BrNO5S/c1-4-5-10-26-15-6-8-16(9-7-15)27(24,25)21(3)18-13(2)11-14(20)12-17(18)19(22)23/h6-9,11-12H,4-5,10H2,1-3H3,(H,22,23). The van der Waals surface area contributed by atoms with E-state index >= 15 is 0 Å². The van der Waals surface area contributed by atoms with Gasteiger partial charge in [-0.1, -0.05) is 29.3 Å². The molecule has 0 radical (unpaired) electrons. The van der Waals surface area contributed by atoms with Crippen LogP contribution in [0.4, 0.5) is 5.69 Å². The zero-order valence-electron chi connectivity index (χ0n) is 15.4. The zero-order chi connectivity index (χ0) is 20.2. The molecule has 0 aliphatic heterocycles. The summed E-state index contributed by atoms with van der Waals surface area (Å²) in [5, 5.41) is 9.48. The molecule has 1 N–H and O–H groups in total. The Morgan fingerprint density at radius 1 is 1.22 bits per heavy atom. The Labute approximate surface area is 168 Å². The lowest BCUT2D eigenvalue weighted by molar-refractivity contribution is 0.0697. The first-order valence-electron chi connectivity index (χ1n) is 8.43. The van der Waals surface area contributed by atoms with Crippen molar-refractivity contribution in [1.29, 1.82) is 0 Å². The quantitative estimate of drug-likeness (QED) is 0.593. The average Bonchev–Trinajstić information content (AvgIpc) is 2.61. The normalized spacial score (nSPS) is 11.3. The average molecular weight is 456 g/mol. The summed E-state index contributed by atoms with van der Waals surface area (Å²) in [4.78, 5) is 11.7. The summed E-state index contributed by atoms with van der Waals surface area (Å²) < 4.78 is 33.1. The molecule has 0 aromatic heterocycles. The Balaban J connectivity index is 2.38. The number of carboxylic acids is 1. The van der Waals surface area contributed by atoms with Gasteiger partial charge in [0, 0.05) is 11.5 Å². The van der Waals surface area contributed by atoms with E-state index in [4.69, 9.17) is 4.74 Å². The summed E-state index contributed by atoms with van der Waals surface area (Å²) in [5.74, 6) is -0.604. The Morgan fingerprint density at radius 3 is 2.41 bits per heavy atom. The van der Waals surface area contributed by atoms with Gasteiger partial charge in [0.2, 0.25) is 0 Å². The van der Waals surface area contributed by atoms with Gasteiger partial charge >= 0.3 is 5.97 Å². The lowest BCUT2D eigenvalue weighted by Gasteiger charge is -2.23. The van der Waals surface area contributed by atoms with Crippen molar-refractivity contribution in [3.63, 3.8) is 0 Å². The molecule has 0 spiro atoms. The molecule has 27 heavy (non-hydrogen) atoms. The van der Waals surface area contributed by atoms with Crippen molar-refractivity contribution < 1.29 is 23.1 Å². The van der Waals surface area contributed by atoms with Crippen LogP contribution in [0, 0.1) is 6.92 Å². The van der Waals surface area contributed by atoms with Crippen molar-refractivity contribution in [2.45, 2.75) is 31.6 Å². The predicted octanol–water partition coefficient (Wildman–Crippen LogP) is 4.46. The van der Waals surface area contributed by atoms with Crippen molar-refractivity contribution in [3.05, 3.63) is 52.0 Å². The third-order valence-corrected chi connectivity index (χ3v) is 6.29. The van der Waals surface area contributed by atoms with Crippen molar-refractivity contribution in [1.82, 2.24) is 0 Å². The summed E-state index contributed by atoms with van der Waals surface area (Å²) in [6, 6.07) is 9.19. The number of sulfonamides is 1. The summed E-state index contributed by atoms with van der Waals surface area (Å²) in [6.07, 6.45) is 1.93. The first-order valence-corrected chi connectivity index (χ1v) is 10.7. The molecule has 2 aromatic rings. The summed E-state index contributed by atoms with van der Waals surface area (Å²) >= 11 is 3.25. The number of rotatable bonds is 8. The summed E-state index contributed by atoms with van der Waals surface area (Å²) in [5.41, 5.74) is 0.578. The maximum atomic E-state index is 13.0. The van der Waals surface area contributed by atoms with Crippen LogP contribution in [0.1, 0.15) is 35.7 Å². The van der Waals surface area contributed by atoms with Gasteiger partial charge in [0.05, 0.1) is 22.8 Å². The molecule has 0 unspecified atom stereocenters. The van der Waals surface area contributed by atoms with Crippen LogP contribution in [0.5, 0.6) is 5.75 Å². The number of halogens is 1. The Kier molecular flexibility index (Phi) is 6.89. The highest BCUT2D eigenvalue weighted by atomic mass is 79.9. The number of carboxylic acid groups (broad SMARTS) is 1. The highest BCUT2D eigenvalue weighted by Gasteiger charge is 2.27.